The number of nitrogens with zero attached hydrogens (tertiary/aromatic N) is 2. The Kier molecular flexibility index (Phi) is 6.23. The fourth-order valence-electron chi connectivity index (χ4n) is 3.14. The smallest absolute Gasteiger partial charge is 0.340 e. The Labute approximate surface area is 174 Å². The molecule has 0 fully saturated rings. The third kappa shape index (κ3) is 4.20. The molecule has 0 saturated carbocycles. The number of carbonyl (C=O) groups excluding carboxylic acids is 2. The molecule has 30 heavy (non-hydrogen) atoms. The number of hydrogen-bond acceptors (Lipinski definition) is 6. The molecule has 0 unspecified atom stereocenters. The van der Waals surface area contributed by atoms with Crippen molar-refractivity contribution in [2.45, 2.75) is 20.4 Å². The van der Waals surface area contributed by atoms with Gasteiger partial charge >= 0.3 is 5.97 Å². The van der Waals surface area contributed by atoms with Gasteiger partial charge in [0.1, 0.15) is 17.6 Å². The average Bonchev–Trinajstić information content (AvgIpc) is 3.35. The van der Waals surface area contributed by atoms with Crippen molar-refractivity contribution < 1.29 is 18.7 Å². The summed E-state index contributed by atoms with van der Waals surface area (Å²) in [5.41, 5.74) is 2.89. The molecular weight excluding hydrogens is 384 g/mol. The molecule has 1 aromatic carbocycles. The lowest BCUT2D eigenvalue weighted by molar-refractivity contribution is -0.119. The van der Waals surface area contributed by atoms with Crippen LogP contribution in [-0.2, 0) is 16.1 Å². The molecule has 2 aromatic heterocycles. The SMILES string of the molecule is CNc1ccccc1C(=O)OCC(=O)Nc1c(C#N)c(C)c(C)n1Cc1ccco1. The van der Waals surface area contributed by atoms with Crippen molar-refractivity contribution in [2.75, 3.05) is 24.3 Å². The van der Waals surface area contributed by atoms with Crippen molar-refractivity contribution in [3.63, 3.8) is 0 Å². The van der Waals surface area contributed by atoms with E-state index in [9.17, 15) is 14.9 Å². The van der Waals surface area contributed by atoms with Crippen LogP contribution in [0.5, 0.6) is 0 Å². The monoisotopic (exact) mass is 406 g/mol. The zero-order valence-electron chi connectivity index (χ0n) is 17.0. The number of anilines is 2. The lowest BCUT2D eigenvalue weighted by Crippen LogP contribution is -2.23. The second-order valence-electron chi connectivity index (χ2n) is 6.63. The minimum Gasteiger partial charge on any atom is -0.467 e. The summed E-state index contributed by atoms with van der Waals surface area (Å²) in [4.78, 5) is 24.8. The summed E-state index contributed by atoms with van der Waals surface area (Å²) in [7, 11) is 1.69. The van der Waals surface area contributed by atoms with Crippen LogP contribution in [0.25, 0.3) is 0 Å². The minimum absolute atomic E-state index is 0.332. The predicted octanol–water partition coefficient (Wildman–Crippen LogP) is 3.46. The number of rotatable bonds is 7. The van der Waals surface area contributed by atoms with Crippen LogP contribution in [0.4, 0.5) is 11.5 Å². The molecule has 3 aromatic rings. The van der Waals surface area contributed by atoms with Crippen LogP contribution in [0, 0.1) is 25.2 Å². The maximum atomic E-state index is 12.5. The van der Waals surface area contributed by atoms with Crippen molar-refractivity contribution in [3.8, 4) is 6.07 Å². The summed E-state index contributed by atoms with van der Waals surface area (Å²) in [6, 6.07) is 12.6. The van der Waals surface area contributed by atoms with E-state index in [1.165, 1.54) is 0 Å². The standard InChI is InChI=1S/C22H22N4O4/c1-14-15(2)26(12-16-7-6-10-29-16)21(18(14)11-23)25-20(27)13-30-22(28)17-8-4-5-9-19(17)24-3/h4-10,24H,12-13H2,1-3H3,(H,25,27). The molecule has 154 valence electrons. The number of esters is 1. The maximum absolute atomic E-state index is 12.5. The highest BCUT2D eigenvalue weighted by Gasteiger charge is 2.21. The van der Waals surface area contributed by atoms with Gasteiger partial charge in [0, 0.05) is 18.4 Å². The van der Waals surface area contributed by atoms with Gasteiger partial charge in [0.15, 0.2) is 6.61 Å². The number of ether oxygens (including phenoxy) is 1. The number of hydrogen-bond donors (Lipinski definition) is 2. The van der Waals surface area contributed by atoms with Gasteiger partial charge in [0.05, 0.1) is 23.9 Å². The van der Waals surface area contributed by atoms with E-state index >= 15 is 0 Å². The van der Waals surface area contributed by atoms with E-state index in [2.05, 4.69) is 16.7 Å². The van der Waals surface area contributed by atoms with Gasteiger partial charge in [-0.15, -0.1) is 0 Å². The quantitative estimate of drug-likeness (QED) is 0.582. The van der Waals surface area contributed by atoms with Gasteiger partial charge in [0.2, 0.25) is 0 Å². The Hall–Kier alpha value is -3.99. The Morgan fingerprint density at radius 1 is 1.20 bits per heavy atom. The first-order valence-electron chi connectivity index (χ1n) is 9.32. The second kappa shape index (κ2) is 9.01. The van der Waals surface area contributed by atoms with Crippen LogP contribution in [0.15, 0.2) is 47.1 Å². The van der Waals surface area contributed by atoms with Crippen molar-refractivity contribution in [1.29, 1.82) is 5.26 Å². The predicted molar refractivity (Wildman–Crippen MR) is 111 cm³/mol. The van der Waals surface area contributed by atoms with Crippen molar-refractivity contribution >= 4 is 23.4 Å². The Morgan fingerprint density at radius 3 is 2.63 bits per heavy atom. The highest BCUT2D eigenvalue weighted by molar-refractivity contribution is 5.98. The fourth-order valence-corrected chi connectivity index (χ4v) is 3.14. The topological polar surface area (TPSA) is 109 Å². The van der Waals surface area contributed by atoms with Crippen LogP contribution in [0.2, 0.25) is 0 Å². The van der Waals surface area contributed by atoms with E-state index in [1.54, 1.807) is 48.2 Å². The van der Waals surface area contributed by atoms with E-state index in [0.717, 1.165) is 11.3 Å². The van der Waals surface area contributed by atoms with Gasteiger partial charge in [-0.25, -0.2) is 4.79 Å². The third-order valence-electron chi connectivity index (χ3n) is 4.84. The van der Waals surface area contributed by atoms with Gasteiger partial charge in [0.25, 0.3) is 5.91 Å². The number of nitriles is 1. The summed E-state index contributed by atoms with van der Waals surface area (Å²) in [5.74, 6) is -0.127. The summed E-state index contributed by atoms with van der Waals surface area (Å²) in [6.07, 6.45) is 1.56. The van der Waals surface area contributed by atoms with Crippen LogP contribution in [0.3, 0.4) is 0 Å². The van der Waals surface area contributed by atoms with Gasteiger partial charge in [-0.05, 0) is 43.7 Å². The molecule has 0 bridgehead atoms. The Balaban J connectivity index is 1.75. The summed E-state index contributed by atoms with van der Waals surface area (Å²) < 4.78 is 12.3. The summed E-state index contributed by atoms with van der Waals surface area (Å²) in [5, 5.41) is 15.2. The molecule has 0 aliphatic carbocycles. The van der Waals surface area contributed by atoms with Crippen LogP contribution in [0.1, 0.15) is 32.9 Å². The Bertz CT molecular complexity index is 1110. The van der Waals surface area contributed by atoms with E-state index in [0.29, 0.717) is 34.9 Å². The molecule has 0 spiro atoms. The first kappa shape index (κ1) is 20.7. The maximum Gasteiger partial charge on any atom is 0.340 e. The zero-order valence-corrected chi connectivity index (χ0v) is 17.0. The molecule has 0 saturated heterocycles. The normalized spacial score (nSPS) is 10.3. The lowest BCUT2D eigenvalue weighted by Gasteiger charge is -2.13. The molecule has 0 aliphatic rings. The van der Waals surface area contributed by atoms with Gasteiger partial charge in [-0.2, -0.15) is 5.26 Å². The molecule has 2 N–H and O–H groups in total. The molecule has 2 heterocycles. The van der Waals surface area contributed by atoms with E-state index < -0.39 is 18.5 Å². The van der Waals surface area contributed by atoms with E-state index in [1.807, 2.05) is 19.9 Å². The lowest BCUT2D eigenvalue weighted by atomic mass is 10.2. The molecule has 0 radical (unpaired) electrons. The van der Waals surface area contributed by atoms with Crippen LogP contribution >= 0.6 is 0 Å². The number of amides is 1. The first-order chi connectivity index (χ1) is 14.5. The van der Waals surface area contributed by atoms with Crippen molar-refractivity contribution in [2.24, 2.45) is 0 Å². The second-order valence-corrected chi connectivity index (χ2v) is 6.63. The molecule has 8 heteroatoms. The van der Waals surface area contributed by atoms with Crippen molar-refractivity contribution in [1.82, 2.24) is 4.57 Å². The minimum atomic E-state index is -0.617. The molecule has 8 nitrogen and oxygen atoms in total. The number of aromatic nitrogens is 1. The van der Waals surface area contributed by atoms with Crippen molar-refractivity contribution in [3.05, 3.63) is 70.8 Å². The fraction of sp³-hybridized carbons (Fsp3) is 0.227. The number of para-hydroxylation sites is 1. The summed E-state index contributed by atoms with van der Waals surface area (Å²) >= 11 is 0. The largest absolute Gasteiger partial charge is 0.467 e. The number of benzene rings is 1. The number of nitrogens with one attached hydrogen (secondary N) is 2. The average molecular weight is 406 g/mol. The molecule has 3 rings (SSSR count). The molecular formula is C22H22N4O4. The molecule has 1 amide bonds. The first-order valence-corrected chi connectivity index (χ1v) is 9.32. The van der Waals surface area contributed by atoms with Gasteiger partial charge in [-0.1, -0.05) is 12.1 Å². The van der Waals surface area contributed by atoms with Gasteiger partial charge in [-0.3, -0.25) is 4.79 Å². The zero-order chi connectivity index (χ0) is 21.7. The van der Waals surface area contributed by atoms with E-state index in [4.69, 9.17) is 9.15 Å². The Morgan fingerprint density at radius 2 is 1.97 bits per heavy atom. The number of carbonyl (C=O) groups is 2. The highest BCUT2D eigenvalue weighted by atomic mass is 16.5. The highest BCUT2D eigenvalue weighted by Crippen LogP contribution is 2.27. The van der Waals surface area contributed by atoms with Gasteiger partial charge < -0.3 is 24.4 Å². The molecule has 0 aliphatic heterocycles. The van der Waals surface area contributed by atoms with Crippen LogP contribution < -0.4 is 10.6 Å². The number of furan rings is 1. The van der Waals surface area contributed by atoms with Crippen LogP contribution in [-0.4, -0.2) is 30.1 Å². The van der Waals surface area contributed by atoms with E-state index in [-0.39, 0.29) is 0 Å². The molecule has 0 atom stereocenters. The third-order valence-corrected chi connectivity index (χ3v) is 4.84. The summed E-state index contributed by atoms with van der Waals surface area (Å²) in [6.45, 7) is 3.55.